The van der Waals surface area contributed by atoms with Gasteiger partial charge in [0, 0.05) is 7.05 Å². The number of carbonyl (C=O) groups is 1. The summed E-state index contributed by atoms with van der Waals surface area (Å²) in [5, 5.41) is 6.70. The number of amides is 1. The van der Waals surface area contributed by atoms with Crippen LogP contribution in [0.15, 0.2) is 24.4 Å². The molecular formula is C14H18N4O3. The van der Waals surface area contributed by atoms with Gasteiger partial charge >= 0.3 is 0 Å². The zero-order valence-corrected chi connectivity index (χ0v) is 12.2. The standard InChI is InChI=1S/C14H18N4O3/c1-18-14(10(15)8-16-18)17-13(19)7-9-4-5-11(20-2)12(6-9)21-3/h4-6,8H,7,15H2,1-3H3,(H,17,19). The van der Waals surface area contributed by atoms with Crippen LogP contribution in [-0.2, 0) is 18.3 Å². The van der Waals surface area contributed by atoms with Crippen LogP contribution in [0.1, 0.15) is 5.56 Å². The van der Waals surface area contributed by atoms with Gasteiger partial charge in [-0.05, 0) is 17.7 Å². The topological polar surface area (TPSA) is 91.4 Å². The second-order valence-corrected chi connectivity index (χ2v) is 4.49. The molecule has 3 N–H and O–H groups in total. The first-order valence-corrected chi connectivity index (χ1v) is 6.33. The molecule has 0 spiro atoms. The summed E-state index contributed by atoms with van der Waals surface area (Å²) in [6.07, 6.45) is 1.69. The van der Waals surface area contributed by atoms with Crippen molar-refractivity contribution in [3.05, 3.63) is 30.0 Å². The minimum absolute atomic E-state index is 0.183. The fourth-order valence-corrected chi connectivity index (χ4v) is 1.96. The number of aryl methyl sites for hydroxylation is 1. The Bertz CT molecular complexity index is 632. The number of nitrogens with one attached hydrogen (secondary N) is 1. The molecule has 0 aliphatic rings. The Labute approximate surface area is 122 Å². The lowest BCUT2D eigenvalue weighted by molar-refractivity contribution is -0.115. The van der Waals surface area contributed by atoms with E-state index in [9.17, 15) is 4.79 Å². The minimum Gasteiger partial charge on any atom is -0.493 e. The molecule has 112 valence electrons. The Hall–Kier alpha value is -2.70. The third-order valence-corrected chi connectivity index (χ3v) is 3.04. The zero-order valence-electron chi connectivity index (χ0n) is 12.2. The summed E-state index contributed by atoms with van der Waals surface area (Å²) >= 11 is 0. The number of hydrogen-bond donors (Lipinski definition) is 2. The van der Waals surface area contributed by atoms with Crippen molar-refractivity contribution in [1.29, 1.82) is 0 Å². The number of anilines is 2. The van der Waals surface area contributed by atoms with Gasteiger partial charge in [0.15, 0.2) is 17.3 Å². The van der Waals surface area contributed by atoms with Crippen molar-refractivity contribution in [1.82, 2.24) is 9.78 Å². The highest BCUT2D eigenvalue weighted by molar-refractivity contribution is 5.94. The maximum absolute atomic E-state index is 12.1. The van der Waals surface area contributed by atoms with E-state index in [1.807, 2.05) is 6.07 Å². The van der Waals surface area contributed by atoms with Gasteiger partial charge in [-0.3, -0.25) is 9.48 Å². The van der Waals surface area contributed by atoms with E-state index in [4.69, 9.17) is 15.2 Å². The van der Waals surface area contributed by atoms with Crippen LogP contribution in [-0.4, -0.2) is 29.9 Å². The van der Waals surface area contributed by atoms with Gasteiger partial charge in [0.1, 0.15) is 0 Å². The number of nitrogens with zero attached hydrogens (tertiary/aromatic N) is 2. The van der Waals surface area contributed by atoms with E-state index in [2.05, 4.69) is 10.4 Å². The molecule has 0 fully saturated rings. The molecule has 0 aliphatic heterocycles. The predicted octanol–water partition coefficient (Wildman–Crippen LogP) is 1.20. The first-order valence-electron chi connectivity index (χ1n) is 6.33. The van der Waals surface area contributed by atoms with E-state index in [-0.39, 0.29) is 12.3 Å². The van der Waals surface area contributed by atoms with Gasteiger partial charge < -0.3 is 20.5 Å². The molecule has 2 aromatic rings. The van der Waals surface area contributed by atoms with Crippen molar-refractivity contribution < 1.29 is 14.3 Å². The van der Waals surface area contributed by atoms with Crippen molar-refractivity contribution in [2.24, 2.45) is 7.05 Å². The summed E-state index contributed by atoms with van der Waals surface area (Å²) in [5.74, 6) is 1.51. The largest absolute Gasteiger partial charge is 0.493 e. The number of methoxy groups -OCH3 is 2. The molecule has 1 heterocycles. The van der Waals surface area contributed by atoms with Gasteiger partial charge in [-0.2, -0.15) is 5.10 Å². The van der Waals surface area contributed by atoms with Crippen LogP contribution in [0.2, 0.25) is 0 Å². The number of hydrogen-bond acceptors (Lipinski definition) is 5. The van der Waals surface area contributed by atoms with E-state index in [1.54, 1.807) is 33.4 Å². The number of ether oxygens (including phenoxy) is 2. The number of rotatable bonds is 5. The Balaban J connectivity index is 2.09. The lowest BCUT2D eigenvalue weighted by Crippen LogP contribution is -2.17. The van der Waals surface area contributed by atoms with Crippen LogP contribution in [0, 0.1) is 0 Å². The number of aromatic nitrogens is 2. The van der Waals surface area contributed by atoms with E-state index < -0.39 is 0 Å². The molecule has 7 heteroatoms. The summed E-state index contributed by atoms with van der Waals surface area (Å²) in [4.78, 5) is 12.1. The van der Waals surface area contributed by atoms with Gasteiger partial charge in [-0.25, -0.2) is 0 Å². The highest BCUT2D eigenvalue weighted by Gasteiger charge is 2.12. The first-order chi connectivity index (χ1) is 10.0. The maximum Gasteiger partial charge on any atom is 0.229 e. The van der Waals surface area contributed by atoms with Gasteiger partial charge in [0.2, 0.25) is 5.91 Å². The van der Waals surface area contributed by atoms with Crippen LogP contribution in [0.4, 0.5) is 11.5 Å². The van der Waals surface area contributed by atoms with Gasteiger partial charge in [-0.15, -0.1) is 0 Å². The molecule has 0 bridgehead atoms. The average molecular weight is 290 g/mol. The SMILES string of the molecule is COc1ccc(CC(=O)Nc2c(N)cnn2C)cc1OC. The van der Waals surface area contributed by atoms with Crippen molar-refractivity contribution in [3.63, 3.8) is 0 Å². The lowest BCUT2D eigenvalue weighted by Gasteiger charge is -2.10. The molecule has 0 saturated heterocycles. The summed E-state index contributed by atoms with van der Waals surface area (Å²) in [7, 11) is 4.83. The Morgan fingerprint density at radius 3 is 2.62 bits per heavy atom. The normalized spacial score (nSPS) is 10.2. The van der Waals surface area contributed by atoms with E-state index in [1.165, 1.54) is 10.9 Å². The number of nitrogen functional groups attached to an aromatic ring is 1. The molecule has 1 aromatic heterocycles. The van der Waals surface area contributed by atoms with Crippen LogP contribution >= 0.6 is 0 Å². The number of benzene rings is 1. The van der Waals surface area contributed by atoms with E-state index in [0.29, 0.717) is 23.0 Å². The second kappa shape index (κ2) is 6.17. The fraction of sp³-hybridized carbons (Fsp3) is 0.286. The van der Waals surface area contributed by atoms with Crippen LogP contribution in [0.5, 0.6) is 11.5 Å². The molecule has 0 saturated carbocycles. The lowest BCUT2D eigenvalue weighted by atomic mass is 10.1. The third-order valence-electron chi connectivity index (χ3n) is 3.04. The predicted molar refractivity (Wildman–Crippen MR) is 79.5 cm³/mol. The molecule has 21 heavy (non-hydrogen) atoms. The summed E-state index contributed by atoms with van der Waals surface area (Å²) < 4.78 is 11.9. The summed E-state index contributed by atoms with van der Waals surface area (Å²) in [6, 6.07) is 5.35. The maximum atomic E-state index is 12.1. The van der Waals surface area contributed by atoms with E-state index >= 15 is 0 Å². The molecule has 0 aliphatic carbocycles. The second-order valence-electron chi connectivity index (χ2n) is 4.49. The Morgan fingerprint density at radius 2 is 2.05 bits per heavy atom. The summed E-state index contributed by atoms with van der Waals surface area (Å²) in [6.45, 7) is 0. The minimum atomic E-state index is -0.183. The highest BCUT2D eigenvalue weighted by Crippen LogP contribution is 2.27. The third kappa shape index (κ3) is 3.25. The van der Waals surface area contributed by atoms with Crippen LogP contribution < -0.4 is 20.5 Å². The molecule has 0 atom stereocenters. The van der Waals surface area contributed by atoms with E-state index in [0.717, 1.165) is 5.56 Å². The Kier molecular flexibility index (Phi) is 4.32. The van der Waals surface area contributed by atoms with Crippen molar-refractivity contribution >= 4 is 17.4 Å². The molecule has 0 unspecified atom stereocenters. The van der Waals surface area contributed by atoms with Gasteiger partial charge in [0.05, 0.1) is 32.5 Å². The van der Waals surface area contributed by atoms with Gasteiger partial charge in [-0.1, -0.05) is 6.07 Å². The fourth-order valence-electron chi connectivity index (χ4n) is 1.96. The van der Waals surface area contributed by atoms with Crippen LogP contribution in [0.3, 0.4) is 0 Å². The van der Waals surface area contributed by atoms with Crippen molar-refractivity contribution in [2.75, 3.05) is 25.3 Å². The number of nitrogens with two attached hydrogens (primary N) is 1. The molecular weight excluding hydrogens is 272 g/mol. The number of carbonyl (C=O) groups excluding carboxylic acids is 1. The monoisotopic (exact) mass is 290 g/mol. The molecule has 7 nitrogen and oxygen atoms in total. The quantitative estimate of drug-likeness (QED) is 0.863. The van der Waals surface area contributed by atoms with Crippen LogP contribution in [0.25, 0.3) is 0 Å². The smallest absolute Gasteiger partial charge is 0.229 e. The average Bonchev–Trinajstić information content (AvgIpc) is 2.79. The first kappa shape index (κ1) is 14.7. The highest BCUT2D eigenvalue weighted by atomic mass is 16.5. The van der Waals surface area contributed by atoms with Crippen molar-refractivity contribution in [3.8, 4) is 11.5 Å². The molecule has 2 rings (SSSR count). The molecule has 0 radical (unpaired) electrons. The molecule has 1 aromatic carbocycles. The van der Waals surface area contributed by atoms with Crippen molar-refractivity contribution in [2.45, 2.75) is 6.42 Å². The summed E-state index contributed by atoms with van der Waals surface area (Å²) in [5.41, 5.74) is 6.97. The van der Waals surface area contributed by atoms with Gasteiger partial charge in [0.25, 0.3) is 0 Å². The Morgan fingerprint density at radius 1 is 1.33 bits per heavy atom. The zero-order chi connectivity index (χ0) is 15.4. The molecule has 1 amide bonds.